The molecule has 1 saturated heterocycles. The number of aliphatic imine (C=N–C) groups is 1. The maximum Gasteiger partial charge on any atom is 0.270 e. The summed E-state index contributed by atoms with van der Waals surface area (Å²) < 4.78 is 5.71. The standard InChI is InChI=1S/C26H24Cl3N7O2/c1-38-20-12-15(11-19(29)21(20)14-5-7-30-8-6-14)33-25-32-13-16-23(34-25)35-10-9-31-26(35)36(24(16)37)22-17(27)3-2-4-18(22)28/h2-4,11-14,30H,5-10H2,1H3,(H,32,33,34). The topological polar surface area (TPSA) is 95.0 Å². The number of halogens is 3. The van der Waals surface area contributed by atoms with Gasteiger partial charge in [0.25, 0.3) is 5.91 Å². The highest BCUT2D eigenvalue weighted by atomic mass is 35.5. The van der Waals surface area contributed by atoms with E-state index in [0.717, 1.165) is 37.2 Å². The number of para-hydroxylation sites is 1. The molecule has 2 N–H and O–H groups in total. The molecule has 0 spiro atoms. The zero-order valence-corrected chi connectivity index (χ0v) is 22.7. The zero-order valence-electron chi connectivity index (χ0n) is 20.5. The number of piperidine rings is 1. The number of hydrogen-bond acceptors (Lipinski definition) is 8. The highest BCUT2D eigenvalue weighted by molar-refractivity contribution is 6.43. The summed E-state index contributed by atoms with van der Waals surface area (Å²) in [5.41, 5.74) is 2.42. The van der Waals surface area contributed by atoms with E-state index < -0.39 is 0 Å². The Hall–Kier alpha value is -3.11. The number of carbonyl (C=O) groups excluding carboxylic acids is 1. The number of benzene rings is 2. The van der Waals surface area contributed by atoms with Gasteiger partial charge in [0.1, 0.15) is 11.3 Å². The van der Waals surface area contributed by atoms with Crippen molar-refractivity contribution in [3.8, 4) is 5.75 Å². The number of hydrogen-bond donors (Lipinski definition) is 2. The molecule has 0 saturated carbocycles. The average Bonchev–Trinajstić information content (AvgIpc) is 3.40. The van der Waals surface area contributed by atoms with Crippen LogP contribution in [0.5, 0.6) is 5.75 Å². The van der Waals surface area contributed by atoms with Crippen molar-refractivity contribution in [1.29, 1.82) is 0 Å². The monoisotopic (exact) mass is 571 g/mol. The molecule has 3 aromatic rings. The Balaban J connectivity index is 1.33. The van der Waals surface area contributed by atoms with Gasteiger partial charge in [0.2, 0.25) is 11.9 Å². The van der Waals surface area contributed by atoms with Crippen LogP contribution in [0.25, 0.3) is 0 Å². The van der Waals surface area contributed by atoms with E-state index in [4.69, 9.17) is 39.5 Å². The molecule has 1 amide bonds. The fourth-order valence-corrected chi connectivity index (χ4v) is 6.13. The Morgan fingerprint density at radius 2 is 1.87 bits per heavy atom. The second kappa shape index (κ2) is 10.2. The molecule has 6 rings (SSSR count). The second-order valence-electron chi connectivity index (χ2n) is 9.20. The summed E-state index contributed by atoms with van der Waals surface area (Å²) in [6, 6.07) is 8.86. The third-order valence-corrected chi connectivity index (χ3v) is 7.87. The van der Waals surface area contributed by atoms with Crippen LogP contribution in [0.3, 0.4) is 0 Å². The first kappa shape index (κ1) is 25.2. The molecular formula is C26H24Cl3N7O2. The molecule has 3 aliphatic rings. The number of guanidine groups is 1. The van der Waals surface area contributed by atoms with Gasteiger partial charge in [-0.25, -0.2) is 9.88 Å². The number of carbonyl (C=O) groups is 1. The van der Waals surface area contributed by atoms with Crippen molar-refractivity contribution in [3.63, 3.8) is 0 Å². The lowest BCUT2D eigenvalue weighted by Gasteiger charge is -2.35. The molecular weight excluding hydrogens is 549 g/mol. The molecule has 3 aliphatic heterocycles. The predicted molar refractivity (Wildman–Crippen MR) is 151 cm³/mol. The van der Waals surface area contributed by atoms with Gasteiger partial charge in [-0.05, 0) is 50.0 Å². The molecule has 0 bridgehead atoms. The van der Waals surface area contributed by atoms with Gasteiger partial charge in [-0.3, -0.25) is 14.7 Å². The van der Waals surface area contributed by atoms with Gasteiger partial charge >= 0.3 is 0 Å². The average molecular weight is 573 g/mol. The first-order valence-electron chi connectivity index (χ1n) is 12.3. The minimum atomic E-state index is -0.352. The lowest BCUT2D eigenvalue weighted by Crippen LogP contribution is -2.51. The molecule has 4 heterocycles. The normalized spacial score (nSPS) is 17.3. The summed E-state index contributed by atoms with van der Waals surface area (Å²) in [6.07, 6.45) is 3.50. The van der Waals surface area contributed by atoms with Crippen LogP contribution in [0.2, 0.25) is 15.1 Å². The van der Waals surface area contributed by atoms with Crippen molar-refractivity contribution in [3.05, 3.63) is 62.7 Å². The number of ether oxygens (including phenoxy) is 1. The van der Waals surface area contributed by atoms with E-state index in [1.54, 1.807) is 25.3 Å². The summed E-state index contributed by atoms with van der Waals surface area (Å²) in [7, 11) is 1.65. The van der Waals surface area contributed by atoms with Crippen LogP contribution >= 0.6 is 34.8 Å². The fourth-order valence-electron chi connectivity index (χ4n) is 5.20. The van der Waals surface area contributed by atoms with Crippen molar-refractivity contribution in [1.82, 2.24) is 15.3 Å². The predicted octanol–water partition coefficient (Wildman–Crippen LogP) is 5.49. The van der Waals surface area contributed by atoms with Crippen molar-refractivity contribution in [2.24, 2.45) is 4.99 Å². The van der Waals surface area contributed by atoms with Gasteiger partial charge in [0.05, 0.1) is 29.4 Å². The fraction of sp³-hybridized carbons (Fsp3) is 0.308. The van der Waals surface area contributed by atoms with E-state index in [1.807, 2.05) is 17.0 Å². The molecule has 12 heteroatoms. The first-order chi connectivity index (χ1) is 18.5. The lowest BCUT2D eigenvalue weighted by atomic mass is 9.89. The van der Waals surface area contributed by atoms with E-state index in [2.05, 4.69) is 25.6 Å². The highest BCUT2D eigenvalue weighted by Gasteiger charge is 2.41. The number of aromatic nitrogens is 2. The third kappa shape index (κ3) is 4.33. The molecule has 1 aromatic heterocycles. The van der Waals surface area contributed by atoms with Crippen LogP contribution in [0.4, 0.5) is 23.1 Å². The van der Waals surface area contributed by atoms with Crippen molar-refractivity contribution in [2.75, 3.05) is 48.4 Å². The van der Waals surface area contributed by atoms with E-state index in [-0.39, 0.29) is 5.91 Å². The van der Waals surface area contributed by atoms with Gasteiger partial charge in [0.15, 0.2) is 5.82 Å². The summed E-state index contributed by atoms with van der Waals surface area (Å²) >= 11 is 19.6. The van der Waals surface area contributed by atoms with Gasteiger partial charge in [0, 0.05) is 35.1 Å². The van der Waals surface area contributed by atoms with Gasteiger partial charge < -0.3 is 15.4 Å². The van der Waals surface area contributed by atoms with Crippen LogP contribution in [0.1, 0.15) is 34.7 Å². The molecule has 38 heavy (non-hydrogen) atoms. The molecule has 1 fully saturated rings. The van der Waals surface area contributed by atoms with E-state index in [1.165, 1.54) is 11.1 Å². The Kier molecular flexibility index (Phi) is 6.77. The molecule has 0 atom stereocenters. The van der Waals surface area contributed by atoms with Crippen molar-refractivity contribution < 1.29 is 9.53 Å². The van der Waals surface area contributed by atoms with E-state index >= 15 is 0 Å². The Morgan fingerprint density at radius 1 is 1.11 bits per heavy atom. The van der Waals surface area contributed by atoms with E-state index in [9.17, 15) is 4.79 Å². The molecule has 2 aromatic carbocycles. The Morgan fingerprint density at radius 3 is 2.61 bits per heavy atom. The molecule has 196 valence electrons. The summed E-state index contributed by atoms with van der Waals surface area (Å²) in [4.78, 5) is 30.6. The van der Waals surface area contributed by atoms with Gasteiger partial charge in [-0.1, -0.05) is 40.9 Å². The van der Waals surface area contributed by atoms with Gasteiger partial charge in [-0.2, -0.15) is 4.98 Å². The summed E-state index contributed by atoms with van der Waals surface area (Å²) in [5.74, 6) is 1.92. The number of rotatable bonds is 5. The second-order valence-corrected chi connectivity index (χ2v) is 10.4. The maximum absolute atomic E-state index is 13.6. The zero-order chi connectivity index (χ0) is 26.4. The van der Waals surface area contributed by atoms with Crippen LogP contribution in [0.15, 0.2) is 41.5 Å². The van der Waals surface area contributed by atoms with Crippen LogP contribution < -0.4 is 25.2 Å². The maximum atomic E-state index is 13.6. The largest absolute Gasteiger partial charge is 0.496 e. The number of nitrogens with one attached hydrogen (secondary N) is 2. The van der Waals surface area contributed by atoms with Crippen LogP contribution in [-0.4, -0.2) is 55.1 Å². The lowest BCUT2D eigenvalue weighted by molar-refractivity contribution is 0.1000. The molecule has 0 aliphatic carbocycles. The first-order valence-corrected chi connectivity index (χ1v) is 13.4. The number of methoxy groups -OCH3 is 1. The number of nitrogens with zero attached hydrogens (tertiary/aromatic N) is 5. The van der Waals surface area contributed by atoms with Gasteiger partial charge in [-0.15, -0.1) is 0 Å². The minimum Gasteiger partial charge on any atom is -0.496 e. The molecule has 0 radical (unpaired) electrons. The molecule has 9 nitrogen and oxygen atoms in total. The number of fused-ring (bicyclic) bond motifs is 3. The Labute approximate surface area is 234 Å². The van der Waals surface area contributed by atoms with Crippen molar-refractivity contribution >= 4 is 69.8 Å². The quantitative estimate of drug-likeness (QED) is 0.417. The number of anilines is 4. The smallest absolute Gasteiger partial charge is 0.270 e. The summed E-state index contributed by atoms with van der Waals surface area (Å²) in [6.45, 7) is 2.95. The number of amides is 1. The summed E-state index contributed by atoms with van der Waals surface area (Å²) in [5, 5.41) is 7.93. The van der Waals surface area contributed by atoms with E-state index in [0.29, 0.717) is 68.7 Å². The SMILES string of the molecule is COc1cc(Nc2ncc3c(n2)N2CCN=C2N(c2c(Cl)cccc2Cl)C3=O)cc(Cl)c1C1CCNCC1. The Bertz CT molecular complexity index is 1440. The molecule has 0 unspecified atom stereocenters. The van der Waals surface area contributed by atoms with Crippen molar-refractivity contribution in [2.45, 2.75) is 18.8 Å². The highest BCUT2D eigenvalue weighted by Crippen LogP contribution is 2.42. The van der Waals surface area contributed by atoms with Crippen LogP contribution in [-0.2, 0) is 0 Å². The van der Waals surface area contributed by atoms with Crippen LogP contribution in [0, 0.1) is 0 Å². The third-order valence-electron chi connectivity index (χ3n) is 6.95. The minimum absolute atomic E-state index is 0.319.